The lowest BCUT2D eigenvalue weighted by atomic mass is 9.88. The number of nitrogens with one attached hydrogen (secondary N) is 1. The van der Waals surface area contributed by atoms with Crippen LogP contribution < -0.4 is 5.32 Å². The highest BCUT2D eigenvalue weighted by Crippen LogP contribution is 2.20. The van der Waals surface area contributed by atoms with E-state index >= 15 is 0 Å². The van der Waals surface area contributed by atoms with Gasteiger partial charge in [-0.1, -0.05) is 38.7 Å². The molecule has 1 aliphatic carbocycles. The molecule has 5 nitrogen and oxygen atoms in total. The van der Waals surface area contributed by atoms with Gasteiger partial charge in [0.15, 0.2) is 0 Å². The monoisotopic (exact) mass is 273 g/mol. The molecule has 0 aromatic carbocycles. The Labute approximate surface area is 115 Å². The Morgan fingerprint density at radius 1 is 1.05 bits per heavy atom. The fourth-order valence-corrected chi connectivity index (χ4v) is 2.37. The third-order valence-electron chi connectivity index (χ3n) is 3.66. The van der Waals surface area contributed by atoms with Gasteiger partial charge in [0.25, 0.3) is 0 Å². The highest BCUT2D eigenvalue weighted by molar-refractivity contribution is 5.21. The highest BCUT2D eigenvalue weighted by atomic mass is 16.4. The van der Waals surface area contributed by atoms with E-state index in [4.69, 9.17) is 5.11 Å². The molecule has 0 bridgehead atoms. The molecule has 0 heterocycles. The fraction of sp³-hybridized carbons (Fsp3) is 0.857. The quantitative estimate of drug-likeness (QED) is 0.315. The standard InChI is InChI=1S/C14H27NO4/c1-2-3-4-5-6-7-15-11-8-10(9-16)12(17)14(19)13(11)18/h8,11-19H,2-7,9H2,1H3/t11-,12+,13-,14?/m0/s1. The van der Waals surface area contributed by atoms with E-state index in [1.807, 2.05) is 0 Å². The van der Waals surface area contributed by atoms with Crippen LogP contribution in [0.4, 0.5) is 0 Å². The number of aliphatic hydroxyl groups excluding tert-OH is 4. The van der Waals surface area contributed by atoms with Crippen LogP contribution in [-0.2, 0) is 0 Å². The van der Waals surface area contributed by atoms with Crippen LogP contribution in [-0.4, -0.2) is 57.9 Å². The van der Waals surface area contributed by atoms with Crippen LogP contribution in [0.2, 0.25) is 0 Å². The van der Waals surface area contributed by atoms with Gasteiger partial charge in [-0.2, -0.15) is 0 Å². The number of unbranched alkanes of at least 4 members (excludes halogenated alkanes) is 4. The molecule has 112 valence electrons. The molecule has 0 radical (unpaired) electrons. The molecule has 0 amide bonds. The maximum atomic E-state index is 9.86. The second kappa shape index (κ2) is 8.66. The number of aliphatic hydroxyl groups is 4. The lowest BCUT2D eigenvalue weighted by molar-refractivity contribution is -0.0641. The molecule has 1 rings (SSSR count). The van der Waals surface area contributed by atoms with Gasteiger partial charge in [-0.05, 0) is 18.5 Å². The molecule has 1 aliphatic rings. The van der Waals surface area contributed by atoms with Gasteiger partial charge in [-0.3, -0.25) is 0 Å². The molecular weight excluding hydrogens is 246 g/mol. The van der Waals surface area contributed by atoms with Crippen molar-refractivity contribution in [2.75, 3.05) is 13.2 Å². The lowest BCUT2D eigenvalue weighted by Gasteiger charge is -2.34. The molecule has 0 saturated heterocycles. The van der Waals surface area contributed by atoms with Gasteiger partial charge in [0.2, 0.25) is 0 Å². The smallest absolute Gasteiger partial charge is 0.111 e. The highest BCUT2D eigenvalue weighted by Gasteiger charge is 2.36. The second-order valence-corrected chi connectivity index (χ2v) is 5.22. The molecule has 19 heavy (non-hydrogen) atoms. The minimum atomic E-state index is -1.25. The number of hydrogen-bond acceptors (Lipinski definition) is 5. The van der Waals surface area contributed by atoms with E-state index in [0.717, 1.165) is 19.4 Å². The summed E-state index contributed by atoms with van der Waals surface area (Å²) in [6, 6.07) is -0.410. The SMILES string of the molecule is CCCCCCCN[C@H]1C=C(CO)[C@@H](O)C(O)[C@H]1O. The zero-order chi connectivity index (χ0) is 14.3. The third kappa shape index (κ3) is 4.85. The third-order valence-corrected chi connectivity index (χ3v) is 3.66. The van der Waals surface area contributed by atoms with Crippen molar-refractivity contribution in [2.45, 2.75) is 63.4 Å². The number of hydrogen-bond donors (Lipinski definition) is 5. The van der Waals surface area contributed by atoms with Gasteiger partial charge >= 0.3 is 0 Å². The maximum absolute atomic E-state index is 9.86. The predicted molar refractivity (Wildman–Crippen MR) is 73.7 cm³/mol. The van der Waals surface area contributed by atoms with E-state index < -0.39 is 24.4 Å². The summed E-state index contributed by atoms with van der Waals surface area (Å²) < 4.78 is 0. The molecule has 0 saturated carbocycles. The van der Waals surface area contributed by atoms with Crippen molar-refractivity contribution in [3.8, 4) is 0 Å². The van der Waals surface area contributed by atoms with Crippen molar-refractivity contribution in [1.82, 2.24) is 5.32 Å². The minimum Gasteiger partial charge on any atom is -0.392 e. The molecule has 5 N–H and O–H groups in total. The van der Waals surface area contributed by atoms with E-state index in [-0.39, 0.29) is 6.61 Å². The molecule has 4 atom stereocenters. The topological polar surface area (TPSA) is 93.0 Å². The van der Waals surface area contributed by atoms with E-state index in [0.29, 0.717) is 5.57 Å². The molecular formula is C14H27NO4. The largest absolute Gasteiger partial charge is 0.392 e. The van der Waals surface area contributed by atoms with Crippen LogP contribution in [0.1, 0.15) is 39.0 Å². The summed E-state index contributed by atoms with van der Waals surface area (Å²) in [6.07, 6.45) is 3.98. The van der Waals surface area contributed by atoms with E-state index in [1.54, 1.807) is 6.08 Å². The molecule has 0 aliphatic heterocycles. The predicted octanol–water partition coefficient (Wildman–Crippen LogP) is -0.0700. The van der Waals surface area contributed by atoms with E-state index in [9.17, 15) is 15.3 Å². The van der Waals surface area contributed by atoms with Crippen LogP contribution in [0.15, 0.2) is 11.6 Å². The van der Waals surface area contributed by atoms with Crippen LogP contribution in [0.5, 0.6) is 0 Å². The molecule has 0 spiro atoms. The van der Waals surface area contributed by atoms with Gasteiger partial charge in [-0.25, -0.2) is 0 Å². The molecule has 0 fully saturated rings. The minimum absolute atomic E-state index is 0.306. The molecule has 0 aromatic rings. The van der Waals surface area contributed by atoms with Crippen LogP contribution in [0.3, 0.4) is 0 Å². The Balaban J connectivity index is 2.37. The first-order valence-corrected chi connectivity index (χ1v) is 7.20. The Kier molecular flexibility index (Phi) is 7.56. The van der Waals surface area contributed by atoms with Crippen LogP contribution >= 0.6 is 0 Å². The van der Waals surface area contributed by atoms with Gasteiger partial charge in [0, 0.05) is 0 Å². The van der Waals surface area contributed by atoms with Gasteiger partial charge in [0.05, 0.1) is 12.6 Å². The summed E-state index contributed by atoms with van der Waals surface area (Å²) in [4.78, 5) is 0. The summed E-state index contributed by atoms with van der Waals surface area (Å²) >= 11 is 0. The van der Waals surface area contributed by atoms with Crippen molar-refractivity contribution in [3.63, 3.8) is 0 Å². The summed E-state index contributed by atoms with van der Waals surface area (Å²) in [5, 5.41) is 41.4. The summed E-state index contributed by atoms with van der Waals surface area (Å²) in [5.74, 6) is 0. The Bertz CT molecular complexity index is 283. The normalized spacial score (nSPS) is 31.3. The number of rotatable bonds is 8. The summed E-state index contributed by atoms with van der Waals surface area (Å²) in [5.41, 5.74) is 0.362. The zero-order valence-corrected chi connectivity index (χ0v) is 11.6. The Morgan fingerprint density at radius 2 is 1.74 bits per heavy atom. The summed E-state index contributed by atoms with van der Waals surface area (Å²) in [7, 11) is 0. The Hall–Kier alpha value is -0.460. The first kappa shape index (κ1) is 16.6. The molecule has 5 heteroatoms. The average Bonchev–Trinajstić information content (AvgIpc) is 2.42. The average molecular weight is 273 g/mol. The molecule has 0 aromatic heterocycles. The van der Waals surface area contributed by atoms with Crippen molar-refractivity contribution < 1.29 is 20.4 Å². The van der Waals surface area contributed by atoms with Crippen molar-refractivity contribution >= 4 is 0 Å². The van der Waals surface area contributed by atoms with Crippen molar-refractivity contribution in [1.29, 1.82) is 0 Å². The van der Waals surface area contributed by atoms with Crippen molar-refractivity contribution in [2.24, 2.45) is 0 Å². The molecule has 1 unspecified atom stereocenters. The first-order chi connectivity index (χ1) is 9.11. The van der Waals surface area contributed by atoms with Crippen LogP contribution in [0.25, 0.3) is 0 Å². The van der Waals surface area contributed by atoms with Gasteiger partial charge in [-0.15, -0.1) is 0 Å². The van der Waals surface area contributed by atoms with E-state index in [2.05, 4.69) is 12.2 Å². The first-order valence-electron chi connectivity index (χ1n) is 7.20. The van der Waals surface area contributed by atoms with Gasteiger partial charge < -0.3 is 25.7 Å². The van der Waals surface area contributed by atoms with Gasteiger partial charge in [0.1, 0.15) is 18.3 Å². The second-order valence-electron chi connectivity index (χ2n) is 5.22. The fourth-order valence-electron chi connectivity index (χ4n) is 2.37. The maximum Gasteiger partial charge on any atom is 0.111 e. The Morgan fingerprint density at radius 3 is 2.37 bits per heavy atom. The van der Waals surface area contributed by atoms with Crippen LogP contribution in [0, 0.1) is 0 Å². The van der Waals surface area contributed by atoms with Crippen molar-refractivity contribution in [3.05, 3.63) is 11.6 Å². The lowest BCUT2D eigenvalue weighted by Crippen LogP contribution is -2.54. The van der Waals surface area contributed by atoms with E-state index in [1.165, 1.54) is 19.3 Å². The summed E-state index contributed by atoms with van der Waals surface area (Å²) in [6.45, 7) is 2.62. The zero-order valence-electron chi connectivity index (χ0n) is 11.6.